The van der Waals surface area contributed by atoms with Crippen molar-refractivity contribution in [2.75, 3.05) is 33.3 Å². The quantitative estimate of drug-likeness (QED) is 0.846. The van der Waals surface area contributed by atoms with Gasteiger partial charge in [0.2, 0.25) is 0 Å². The summed E-state index contributed by atoms with van der Waals surface area (Å²) in [6, 6.07) is 4.99. The van der Waals surface area contributed by atoms with E-state index >= 15 is 0 Å². The molecule has 1 aromatic heterocycles. The van der Waals surface area contributed by atoms with Gasteiger partial charge < -0.3 is 10.0 Å². The van der Waals surface area contributed by atoms with Gasteiger partial charge in [0.25, 0.3) is 0 Å². The lowest BCUT2D eigenvalue weighted by molar-refractivity contribution is 0.128. The second kappa shape index (κ2) is 8.55. The van der Waals surface area contributed by atoms with Crippen molar-refractivity contribution in [1.29, 1.82) is 0 Å². The zero-order valence-corrected chi connectivity index (χ0v) is 14.0. The molecule has 2 rings (SSSR count). The minimum Gasteiger partial charge on any atom is -0.395 e. The van der Waals surface area contributed by atoms with Crippen molar-refractivity contribution in [2.45, 2.75) is 38.8 Å². The fourth-order valence-corrected chi connectivity index (χ4v) is 3.73. The summed E-state index contributed by atoms with van der Waals surface area (Å²) < 4.78 is 0. The summed E-state index contributed by atoms with van der Waals surface area (Å²) in [4.78, 5) is 7.50. The summed E-state index contributed by atoms with van der Waals surface area (Å²) >= 11 is 1.77. The number of hydrogen-bond donors (Lipinski definition) is 1. The minimum atomic E-state index is 0.143. The highest BCUT2D eigenvalue weighted by atomic mass is 32.1. The first kappa shape index (κ1) is 16.5. The van der Waals surface area contributed by atoms with Gasteiger partial charge in [-0.05, 0) is 51.7 Å². The monoisotopic (exact) mass is 306 g/mol. The number of piperidine rings is 1. The Morgan fingerprint density at radius 3 is 2.81 bits per heavy atom. The topological polar surface area (TPSA) is 26.7 Å². The van der Waals surface area contributed by atoms with Crippen LogP contribution >= 0.6 is 11.3 Å². The highest BCUT2D eigenvalue weighted by Gasteiger charge is 2.21. The molecule has 1 N–H and O–H groups in total. The minimum absolute atomic E-state index is 0.143. The van der Waals surface area contributed by atoms with E-state index < -0.39 is 0 Å². The molecule has 0 amide bonds. The fraction of sp³-hybridized carbons (Fsp3) is 0.647. The Morgan fingerprint density at radius 2 is 2.14 bits per heavy atom. The molecule has 1 aliphatic rings. The van der Waals surface area contributed by atoms with Gasteiger partial charge in [-0.2, -0.15) is 0 Å². The van der Waals surface area contributed by atoms with Gasteiger partial charge in [0, 0.05) is 23.9 Å². The molecule has 0 saturated carbocycles. The smallest absolute Gasteiger partial charge is 0.0771 e. The van der Waals surface area contributed by atoms with Gasteiger partial charge in [0.05, 0.1) is 11.5 Å². The Balaban J connectivity index is 1.83. The Labute approximate surface area is 132 Å². The van der Waals surface area contributed by atoms with Crippen LogP contribution in [0.3, 0.4) is 0 Å². The molecule has 2 heterocycles. The Morgan fingerprint density at radius 1 is 1.38 bits per heavy atom. The second-order valence-electron chi connectivity index (χ2n) is 5.62. The number of thiophene rings is 1. The van der Waals surface area contributed by atoms with Gasteiger partial charge in [-0.3, -0.25) is 4.90 Å². The van der Waals surface area contributed by atoms with E-state index in [1.807, 2.05) is 0 Å². The molecular formula is C17H26N2OS. The molecule has 0 spiro atoms. The van der Waals surface area contributed by atoms with Crippen molar-refractivity contribution in [3.8, 4) is 11.8 Å². The summed E-state index contributed by atoms with van der Waals surface area (Å²) in [6.45, 7) is 7.04. The van der Waals surface area contributed by atoms with Gasteiger partial charge >= 0.3 is 0 Å². The van der Waals surface area contributed by atoms with Gasteiger partial charge in [-0.15, -0.1) is 11.3 Å². The molecule has 0 bridgehead atoms. The average molecular weight is 306 g/mol. The first-order valence-electron chi connectivity index (χ1n) is 7.84. The predicted octanol–water partition coefficient (Wildman–Crippen LogP) is 2.40. The lowest BCUT2D eigenvalue weighted by Crippen LogP contribution is -2.42. The molecule has 4 heteroatoms. The number of nitrogens with zero attached hydrogens (tertiary/aromatic N) is 2. The standard InChI is InChI=1S/C17H26N2OS/c1-3-19-11-9-15(10-12-19)18(2)14-17-8-7-16(21-17)6-4-5-13-20/h7-8,15,20H,3,5,9-14H2,1-2H3. The van der Waals surface area contributed by atoms with Crippen LogP contribution in [0.2, 0.25) is 0 Å². The molecule has 0 atom stereocenters. The van der Waals surface area contributed by atoms with Crippen molar-refractivity contribution in [2.24, 2.45) is 0 Å². The highest BCUT2D eigenvalue weighted by molar-refractivity contribution is 7.12. The number of rotatable bonds is 5. The SMILES string of the molecule is CCN1CCC(N(C)Cc2ccc(C#CCCO)s2)CC1. The van der Waals surface area contributed by atoms with Crippen molar-refractivity contribution in [1.82, 2.24) is 9.80 Å². The summed E-state index contributed by atoms with van der Waals surface area (Å²) in [5.74, 6) is 6.10. The van der Waals surface area contributed by atoms with E-state index in [2.05, 4.69) is 47.7 Å². The zero-order chi connectivity index (χ0) is 15.1. The van der Waals surface area contributed by atoms with Gasteiger partial charge in [-0.25, -0.2) is 0 Å². The van der Waals surface area contributed by atoms with Crippen LogP contribution < -0.4 is 0 Å². The van der Waals surface area contributed by atoms with Crippen LogP contribution in [0.15, 0.2) is 12.1 Å². The summed E-state index contributed by atoms with van der Waals surface area (Å²) in [5.41, 5.74) is 0. The third-order valence-electron chi connectivity index (χ3n) is 4.14. The molecule has 21 heavy (non-hydrogen) atoms. The highest BCUT2D eigenvalue weighted by Crippen LogP contribution is 2.21. The Hall–Kier alpha value is -0.860. The molecule has 1 aromatic rings. The van der Waals surface area contributed by atoms with Crippen molar-refractivity contribution in [3.05, 3.63) is 21.9 Å². The summed E-state index contributed by atoms with van der Waals surface area (Å²) in [6.07, 6.45) is 3.11. The van der Waals surface area contributed by atoms with E-state index in [9.17, 15) is 0 Å². The van der Waals surface area contributed by atoms with E-state index in [1.54, 1.807) is 11.3 Å². The van der Waals surface area contributed by atoms with E-state index in [-0.39, 0.29) is 6.61 Å². The molecular weight excluding hydrogens is 280 g/mol. The van der Waals surface area contributed by atoms with Crippen LogP contribution in [-0.2, 0) is 6.54 Å². The number of hydrogen-bond acceptors (Lipinski definition) is 4. The molecule has 1 fully saturated rings. The average Bonchev–Trinajstić information content (AvgIpc) is 2.95. The number of likely N-dealkylation sites (tertiary alicyclic amines) is 1. The van der Waals surface area contributed by atoms with Crippen LogP contribution in [-0.4, -0.2) is 54.2 Å². The second-order valence-corrected chi connectivity index (χ2v) is 6.79. The van der Waals surface area contributed by atoms with Crippen LogP contribution in [0.4, 0.5) is 0 Å². The molecule has 1 aliphatic heterocycles. The molecule has 1 saturated heterocycles. The largest absolute Gasteiger partial charge is 0.395 e. The maximum absolute atomic E-state index is 8.74. The van der Waals surface area contributed by atoms with Gasteiger partial charge in [0.1, 0.15) is 0 Å². The Bertz CT molecular complexity index is 480. The number of aliphatic hydroxyl groups is 1. The third-order valence-corrected chi connectivity index (χ3v) is 5.13. The Kier molecular flexibility index (Phi) is 6.72. The third kappa shape index (κ3) is 5.12. The fourth-order valence-electron chi connectivity index (χ4n) is 2.79. The lowest BCUT2D eigenvalue weighted by Gasteiger charge is -2.36. The van der Waals surface area contributed by atoms with E-state index in [0.717, 1.165) is 11.4 Å². The lowest BCUT2D eigenvalue weighted by atomic mass is 10.0. The van der Waals surface area contributed by atoms with Gasteiger partial charge in [-0.1, -0.05) is 18.8 Å². The molecule has 3 nitrogen and oxygen atoms in total. The van der Waals surface area contributed by atoms with E-state index in [1.165, 1.54) is 37.4 Å². The molecule has 0 aromatic carbocycles. The summed E-state index contributed by atoms with van der Waals surface area (Å²) in [5, 5.41) is 8.74. The van der Waals surface area contributed by atoms with Crippen molar-refractivity contribution in [3.63, 3.8) is 0 Å². The van der Waals surface area contributed by atoms with Crippen LogP contribution in [0.5, 0.6) is 0 Å². The van der Waals surface area contributed by atoms with Crippen LogP contribution in [0.25, 0.3) is 0 Å². The van der Waals surface area contributed by atoms with Crippen molar-refractivity contribution < 1.29 is 5.11 Å². The van der Waals surface area contributed by atoms with Crippen LogP contribution in [0, 0.1) is 11.8 Å². The van der Waals surface area contributed by atoms with Crippen molar-refractivity contribution >= 4 is 11.3 Å². The van der Waals surface area contributed by atoms with Gasteiger partial charge in [0.15, 0.2) is 0 Å². The predicted molar refractivity (Wildman–Crippen MR) is 89.5 cm³/mol. The molecule has 116 valence electrons. The zero-order valence-electron chi connectivity index (χ0n) is 13.1. The van der Waals surface area contributed by atoms with E-state index in [4.69, 9.17) is 5.11 Å². The maximum atomic E-state index is 8.74. The van der Waals surface area contributed by atoms with Crippen LogP contribution in [0.1, 0.15) is 35.9 Å². The molecule has 0 unspecified atom stereocenters. The first-order chi connectivity index (χ1) is 10.2. The first-order valence-corrected chi connectivity index (χ1v) is 8.65. The van der Waals surface area contributed by atoms with E-state index in [0.29, 0.717) is 12.5 Å². The number of aliphatic hydroxyl groups excluding tert-OH is 1. The normalized spacial score (nSPS) is 17.0. The summed E-state index contributed by atoms with van der Waals surface area (Å²) in [7, 11) is 2.24. The molecule has 0 aliphatic carbocycles. The maximum Gasteiger partial charge on any atom is 0.0771 e. The molecule has 0 radical (unpaired) electrons.